The molecular formula is C11H11ClO. The quantitative estimate of drug-likeness (QED) is 0.533. The molecule has 0 aromatic heterocycles. The molecule has 0 unspecified atom stereocenters. The number of benzene rings is 1. The van der Waals surface area contributed by atoms with Crippen LogP contribution in [0.2, 0.25) is 5.02 Å². The lowest BCUT2D eigenvalue weighted by Crippen LogP contribution is -1.98. The molecular weight excluding hydrogens is 184 g/mol. The minimum atomic E-state index is 0.0173. The van der Waals surface area contributed by atoms with E-state index in [2.05, 4.69) is 6.58 Å². The molecule has 0 fully saturated rings. The van der Waals surface area contributed by atoms with Crippen LogP contribution in [0.3, 0.4) is 0 Å². The first kappa shape index (κ1) is 10.0. The van der Waals surface area contributed by atoms with E-state index in [0.29, 0.717) is 17.0 Å². The molecule has 2 heteroatoms. The molecule has 0 radical (unpaired) electrons. The van der Waals surface area contributed by atoms with Crippen molar-refractivity contribution in [2.45, 2.75) is 13.3 Å². The highest BCUT2D eigenvalue weighted by atomic mass is 35.5. The molecule has 0 aliphatic heterocycles. The van der Waals surface area contributed by atoms with E-state index in [9.17, 15) is 4.79 Å². The third-order valence-corrected chi connectivity index (χ3v) is 2.08. The van der Waals surface area contributed by atoms with E-state index in [1.807, 2.05) is 13.0 Å². The van der Waals surface area contributed by atoms with E-state index in [0.717, 1.165) is 5.56 Å². The van der Waals surface area contributed by atoms with E-state index in [1.165, 1.54) is 0 Å². The fraction of sp³-hybridized carbons (Fsp3) is 0.182. The Morgan fingerprint density at radius 3 is 2.92 bits per heavy atom. The molecule has 0 aliphatic rings. The van der Waals surface area contributed by atoms with E-state index < -0.39 is 0 Å². The molecule has 0 amide bonds. The minimum absolute atomic E-state index is 0.0173. The van der Waals surface area contributed by atoms with Crippen molar-refractivity contribution in [3.63, 3.8) is 0 Å². The fourth-order valence-corrected chi connectivity index (χ4v) is 1.32. The Morgan fingerprint density at radius 1 is 1.62 bits per heavy atom. The molecule has 1 aromatic carbocycles. The Kier molecular flexibility index (Phi) is 3.26. The maximum absolute atomic E-state index is 11.5. The van der Waals surface area contributed by atoms with Gasteiger partial charge in [-0.25, -0.2) is 0 Å². The normalized spacial score (nSPS) is 9.69. The van der Waals surface area contributed by atoms with Crippen molar-refractivity contribution in [3.05, 3.63) is 47.0 Å². The summed E-state index contributed by atoms with van der Waals surface area (Å²) in [6.45, 7) is 5.45. The third-order valence-electron chi connectivity index (χ3n) is 1.75. The van der Waals surface area contributed by atoms with Crippen LogP contribution in [-0.4, -0.2) is 5.78 Å². The molecule has 0 heterocycles. The van der Waals surface area contributed by atoms with Crippen LogP contribution in [-0.2, 0) is 0 Å². The van der Waals surface area contributed by atoms with Crippen molar-refractivity contribution in [3.8, 4) is 0 Å². The summed E-state index contributed by atoms with van der Waals surface area (Å²) < 4.78 is 0. The minimum Gasteiger partial charge on any atom is -0.294 e. The zero-order valence-electron chi connectivity index (χ0n) is 7.51. The van der Waals surface area contributed by atoms with E-state index in [1.54, 1.807) is 18.2 Å². The van der Waals surface area contributed by atoms with Crippen molar-refractivity contribution in [2.24, 2.45) is 0 Å². The predicted octanol–water partition coefficient (Wildman–Crippen LogP) is 3.41. The van der Waals surface area contributed by atoms with Crippen LogP contribution < -0.4 is 0 Å². The Balaban J connectivity index is 3.05. The van der Waals surface area contributed by atoms with Crippen molar-refractivity contribution < 1.29 is 4.79 Å². The van der Waals surface area contributed by atoms with Crippen molar-refractivity contribution >= 4 is 17.4 Å². The van der Waals surface area contributed by atoms with E-state index >= 15 is 0 Å². The summed E-state index contributed by atoms with van der Waals surface area (Å²) in [7, 11) is 0. The molecule has 13 heavy (non-hydrogen) atoms. The predicted molar refractivity (Wildman–Crippen MR) is 55.3 cm³/mol. The lowest BCUT2D eigenvalue weighted by atomic mass is 10.1. The number of hydrogen-bond acceptors (Lipinski definition) is 1. The van der Waals surface area contributed by atoms with Crippen LogP contribution in [0.4, 0.5) is 0 Å². The third kappa shape index (κ3) is 2.43. The molecule has 68 valence electrons. The SMILES string of the molecule is C=CCC(=O)c1cc(C)ccc1Cl. The van der Waals surface area contributed by atoms with Gasteiger partial charge in [0.05, 0.1) is 5.02 Å². The number of ketones is 1. The number of halogens is 1. The number of carbonyl (C=O) groups is 1. The number of carbonyl (C=O) groups excluding carboxylic acids is 1. The number of allylic oxidation sites excluding steroid dienone is 1. The standard InChI is InChI=1S/C11H11ClO/c1-3-4-11(13)9-7-8(2)5-6-10(9)12/h3,5-7H,1,4H2,2H3. The zero-order valence-corrected chi connectivity index (χ0v) is 8.27. The molecule has 0 N–H and O–H groups in total. The topological polar surface area (TPSA) is 17.1 Å². The second-order valence-corrected chi connectivity index (χ2v) is 3.31. The maximum Gasteiger partial charge on any atom is 0.168 e. The molecule has 0 saturated heterocycles. The van der Waals surface area contributed by atoms with Crippen LogP contribution in [0.15, 0.2) is 30.9 Å². The van der Waals surface area contributed by atoms with Gasteiger partial charge in [0.1, 0.15) is 0 Å². The first-order chi connectivity index (χ1) is 6.15. The summed E-state index contributed by atoms with van der Waals surface area (Å²) in [4.78, 5) is 11.5. The van der Waals surface area contributed by atoms with Crippen LogP contribution >= 0.6 is 11.6 Å². The number of hydrogen-bond donors (Lipinski definition) is 0. The van der Waals surface area contributed by atoms with Gasteiger partial charge in [-0.1, -0.05) is 29.3 Å². The molecule has 0 bridgehead atoms. The average Bonchev–Trinajstić information content (AvgIpc) is 2.09. The Labute approximate surface area is 83.0 Å². The number of Topliss-reactive ketones (excluding diaryl/α,β-unsaturated/α-hetero) is 1. The van der Waals surface area contributed by atoms with Crippen molar-refractivity contribution in [1.29, 1.82) is 0 Å². The summed E-state index contributed by atoms with van der Waals surface area (Å²) in [6, 6.07) is 5.43. The van der Waals surface area contributed by atoms with Crippen LogP contribution in [0.5, 0.6) is 0 Å². The van der Waals surface area contributed by atoms with Gasteiger partial charge >= 0.3 is 0 Å². The number of aryl methyl sites for hydroxylation is 1. The first-order valence-electron chi connectivity index (χ1n) is 4.05. The Bertz CT molecular complexity index is 342. The highest BCUT2D eigenvalue weighted by Crippen LogP contribution is 2.18. The fourth-order valence-electron chi connectivity index (χ4n) is 1.09. The smallest absolute Gasteiger partial charge is 0.168 e. The summed E-state index contributed by atoms with van der Waals surface area (Å²) in [5.74, 6) is 0.0173. The van der Waals surface area contributed by atoms with Crippen LogP contribution in [0, 0.1) is 6.92 Å². The highest BCUT2D eigenvalue weighted by molar-refractivity contribution is 6.34. The second kappa shape index (κ2) is 4.24. The van der Waals surface area contributed by atoms with Gasteiger partial charge in [-0.2, -0.15) is 0 Å². The summed E-state index contributed by atoms with van der Waals surface area (Å²) in [5.41, 5.74) is 1.62. The highest BCUT2D eigenvalue weighted by Gasteiger charge is 2.07. The van der Waals surface area contributed by atoms with Gasteiger partial charge in [0.2, 0.25) is 0 Å². The molecule has 0 saturated carbocycles. The van der Waals surface area contributed by atoms with Gasteiger partial charge < -0.3 is 0 Å². The monoisotopic (exact) mass is 194 g/mol. The van der Waals surface area contributed by atoms with Gasteiger partial charge in [-0.15, -0.1) is 6.58 Å². The van der Waals surface area contributed by atoms with Gasteiger partial charge in [-0.3, -0.25) is 4.79 Å². The van der Waals surface area contributed by atoms with E-state index in [4.69, 9.17) is 11.6 Å². The molecule has 0 aliphatic carbocycles. The lowest BCUT2D eigenvalue weighted by molar-refractivity contribution is 0.0996. The molecule has 0 spiro atoms. The van der Waals surface area contributed by atoms with Gasteiger partial charge in [0.25, 0.3) is 0 Å². The van der Waals surface area contributed by atoms with Gasteiger partial charge in [0, 0.05) is 12.0 Å². The Hall–Kier alpha value is -1.08. The molecule has 1 aromatic rings. The average molecular weight is 195 g/mol. The molecule has 0 atom stereocenters. The molecule has 1 rings (SSSR count). The molecule has 1 nitrogen and oxygen atoms in total. The van der Waals surface area contributed by atoms with Gasteiger partial charge in [0.15, 0.2) is 5.78 Å². The summed E-state index contributed by atoms with van der Waals surface area (Å²) in [6.07, 6.45) is 1.92. The van der Waals surface area contributed by atoms with Crippen LogP contribution in [0.25, 0.3) is 0 Å². The van der Waals surface area contributed by atoms with Crippen molar-refractivity contribution in [1.82, 2.24) is 0 Å². The zero-order chi connectivity index (χ0) is 9.84. The Morgan fingerprint density at radius 2 is 2.31 bits per heavy atom. The van der Waals surface area contributed by atoms with Gasteiger partial charge in [-0.05, 0) is 19.1 Å². The van der Waals surface area contributed by atoms with Crippen LogP contribution in [0.1, 0.15) is 22.3 Å². The van der Waals surface area contributed by atoms with E-state index in [-0.39, 0.29) is 5.78 Å². The largest absolute Gasteiger partial charge is 0.294 e. The second-order valence-electron chi connectivity index (χ2n) is 2.90. The first-order valence-corrected chi connectivity index (χ1v) is 4.43. The van der Waals surface area contributed by atoms with Crippen molar-refractivity contribution in [2.75, 3.05) is 0 Å². The summed E-state index contributed by atoms with van der Waals surface area (Å²) >= 11 is 5.87. The maximum atomic E-state index is 11.5. The summed E-state index contributed by atoms with van der Waals surface area (Å²) in [5, 5.41) is 0.512. The lowest BCUT2D eigenvalue weighted by Gasteiger charge is -2.02. The number of rotatable bonds is 3.